The van der Waals surface area contributed by atoms with Gasteiger partial charge in [-0.3, -0.25) is 28.3 Å². The maximum absolute atomic E-state index is 13.2. The Morgan fingerprint density at radius 1 is 0.611 bits per heavy atom. The van der Waals surface area contributed by atoms with E-state index in [9.17, 15) is 19.2 Å². The summed E-state index contributed by atoms with van der Waals surface area (Å²) < 4.78 is 2.55. The van der Waals surface area contributed by atoms with Crippen LogP contribution in [0.5, 0.6) is 0 Å². The van der Waals surface area contributed by atoms with Gasteiger partial charge in [0.2, 0.25) is 11.8 Å². The van der Waals surface area contributed by atoms with Crippen LogP contribution in [0.2, 0.25) is 0 Å². The minimum atomic E-state index is -0.769. The molecule has 8 heteroatoms. The third kappa shape index (κ3) is 7.80. The Balaban J connectivity index is 2.43. The van der Waals surface area contributed by atoms with Crippen molar-refractivity contribution in [1.82, 2.24) is 18.9 Å². The summed E-state index contributed by atoms with van der Waals surface area (Å²) in [5.74, 6) is -0.328. The van der Waals surface area contributed by atoms with Crippen LogP contribution >= 0.6 is 0 Å². The summed E-state index contributed by atoms with van der Waals surface area (Å²) in [6.07, 6.45) is 7.44. The smallest absolute Gasteiger partial charge is 0.317 e. The first-order valence-corrected chi connectivity index (χ1v) is 13.7. The van der Waals surface area contributed by atoms with Gasteiger partial charge in [-0.15, -0.1) is 0 Å². The van der Waals surface area contributed by atoms with E-state index in [-0.39, 0.29) is 24.9 Å². The maximum Gasteiger partial charge on any atom is 0.317 e. The zero-order valence-electron chi connectivity index (χ0n) is 22.6. The predicted octanol–water partition coefficient (Wildman–Crippen LogP) is 4.02. The number of carbonyl (C=O) groups is 2. The lowest BCUT2D eigenvalue weighted by Crippen LogP contribution is -2.47. The molecule has 0 aliphatic carbocycles. The van der Waals surface area contributed by atoms with Crippen LogP contribution in [0.1, 0.15) is 79.1 Å². The summed E-state index contributed by atoms with van der Waals surface area (Å²) in [4.78, 5) is 56.4. The molecule has 0 saturated carbocycles. The molecule has 8 nitrogen and oxygen atoms in total. The third-order valence-corrected chi connectivity index (χ3v) is 6.56. The fraction of sp³-hybridized carbons (Fsp3) is 0.643. The van der Waals surface area contributed by atoms with Gasteiger partial charge in [0.25, 0.3) is 0 Å². The van der Waals surface area contributed by atoms with E-state index in [1.807, 2.05) is 0 Å². The molecule has 0 saturated heterocycles. The normalized spacial score (nSPS) is 11.1. The average molecular weight is 501 g/mol. The van der Waals surface area contributed by atoms with Crippen molar-refractivity contribution in [2.45, 2.75) is 92.2 Å². The van der Waals surface area contributed by atoms with Crippen molar-refractivity contribution in [2.75, 3.05) is 26.2 Å². The van der Waals surface area contributed by atoms with Crippen LogP contribution in [0, 0.1) is 0 Å². The summed E-state index contributed by atoms with van der Waals surface area (Å²) in [5, 5.41) is 0. The highest BCUT2D eigenvalue weighted by atomic mass is 16.2. The molecule has 0 atom stereocenters. The van der Waals surface area contributed by atoms with Crippen molar-refractivity contribution in [1.29, 1.82) is 0 Å². The number of benzene rings is 1. The van der Waals surface area contributed by atoms with Crippen molar-refractivity contribution < 1.29 is 9.59 Å². The molecular weight excluding hydrogens is 456 g/mol. The minimum Gasteiger partial charge on any atom is -0.341 e. The number of para-hydroxylation sites is 2. The third-order valence-electron chi connectivity index (χ3n) is 6.56. The van der Waals surface area contributed by atoms with E-state index in [2.05, 4.69) is 27.7 Å². The van der Waals surface area contributed by atoms with Gasteiger partial charge in [-0.1, -0.05) is 65.5 Å². The molecule has 1 aromatic heterocycles. The second-order valence-corrected chi connectivity index (χ2v) is 9.45. The van der Waals surface area contributed by atoms with Gasteiger partial charge in [0.05, 0.1) is 11.0 Å². The highest BCUT2D eigenvalue weighted by Gasteiger charge is 2.21. The van der Waals surface area contributed by atoms with Gasteiger partial charge < -0.3 is 9.80 Å². The van der Waals surface area contributed by atoms with E-state index in [1.54, 1.807) is 34.1 Å². The molecule has 0 radical (unpaired) electrons. The van der Waals surface area contributed by atoms with E-state index in [4.69, 9.17) is 0 Å². The van der Waals surface area contributed by atoms with Crippen molar-refractivity contribution in [3.8, 4) is 0 Å². The summed E-state index contributed by atoms with van der Waals surface area (Å²) in [5.41, 5.74) is -0.561. The molecule has 0 fully saturated rings. The maximum atomic E-state index is 13.2. The fourth-order valence-corrected chi connectivity index (χ4v) is 4.27. The minimum absolute atomic E-state index is 0.164. The van der Waals surface area contributed by atoms with Crippen LogP contribution in [0.3, 0.4) is 0 Å². The lowest BCUT2D eigenvalue weighted by Gasteiger charge is -2.25. The number of carbonyl (C=O) groups excluding carboxylic acids is 2. The second-order valence-electron chi connectivity index (χ2n) is 9.45. The number of amides is 2. The molecular formula is C28H44N4O4. The van der Waals surface area contributed by atoms with Gasteiger partial charge in [-0.2, -0.15) is 0 Å². The van der Waals surface area contributed by atoms with Crippen LogP contribution < -0.4 is 11.1 Å². The van der Waals surface area contributed by atoms with Crippen molar-refractivity contribution >= 4 is 22.8 Å². The van der Waals surface area contributed by atoms with E-state index in [1.165, 1.54) is 9.13 Å². The Bertz CT molecular complexity index is 1000. The molecule has 0 unspecified atom stereocenters. The van der Waals surface area contributed by atoms with Crippen LogP contribution in [0.25, 0.3) is 11.0 Å². The summed E-state index contributed by atoms with van der Waals surface area (Å²) in [7, 11) is 0. The number of unbranched alkanes of at least 4 members (excludes halogenated alkanes) is 4. The standard InChI is InChI=1S/C28H44N4O4/c1-5-9-17-29(18-10-6-2)25(33)21-31-23-15-13-14-16-24(23)32(28(36)27(31)35)22-26(34)30(19-11-7-3)20-12-8-4/h13-16H,5-12,17-22H2,1-4H3. The molecule has 1 aromatic carbocycles. The zero-order chi connectivity index (χ0) is 26.5. The Morgan fingerprint density at radius 2 is 0.917 bits per heavy atom. The highest BCUT2D eigenvalue weighted by Crippen LogP contribution is 2.12. The molecule has 0 aliphatic rings. The largest absolute Gasteiger partial charge is 0.341 e. The number of aromatic nitrogens is 2. The SMILES string of the molecule is CCCCN(CCCC)C(=O)Cn1c(=O)c(=O)n(CC(=O)N(CCCC)CCCC)c2ccccc21. The average Bonchev–Trinajstić information content (AvgIpc) is 2.89. The van der Waals surface area contributed by atoms with Gasteiger partial charge in [-0.05, 0) is 37.8 Å². The van der Waals surface area contributed by atoms with E-state index in [0.717, 1.165) is 51.4 Å². The monoisotopic (exact) mass is 500 g/mol. The molecule has 2 aromatic rings. The molecule has 1 heterocycles. The first-order valence-electron chi connectivity index (χ1n) is 13.7. The number of rotatable bonds is 16. The van der Waals surface area contributed by atoms with Crippen molar-refractivity contribution in [3.63, 3.8) is 0 Å². The van der Waals surface area contributed by atoms with Crippen LogP contribution in [0.4, 0.5) is 0 Å². The number of nitrogens with zero attached hydrogens (tertiary/aromatic N) is 4. The molecule has 200 valence electrons. The van der Waals surface area contributed by atoms with Crippen LogP contribution in [0.15, 0.2) is 33.9 Å². The van der Waals surface area contributed by atoms with Crippen molar-refractivity contribution in [3.05, 3.63) is 45.0 Å². The molecule has 36 heavy (non-hydrogen) atoms. The Morgan fingerprint density at radius 3 is 1.19 bits per heavy atom. The number of hydrogen-bond acceptors (Lipinski definition) is 4. The zero-order valence-corrected chi connectivity index (χ0v) is 22.6. The first kappa shape index (κ1) is 29.3. The van der Waals surface area contributed by atoms with Gasteiger partial charge in [0.1, 0.15) is 13.1 Å². The molecule has 2 rings (SSSR count). The molecule has 0 spiro atoms. The predicted molar refractivity (Wildman–Crippen MR) is 145 cm³/mol. The summed E-state index contributed by atoms with van der Waals surface area (Å²) in [6, 6.07) is 7.03. The fourth-order valence-electron chi connectivity index (χ4n) is 4.27. The topological polar surface area (TPSA) is 84.6 Å². The summed E-state index contributed by atoms with van der Waals surface area (Å²) in [6.45, 7) is 10.5. The number of fused-ring (bicyclic) bond motifs is 1. The Labute approximate surface area is 214 Å². The molecule has 0 N–H and O–H groups in total. The quantitative estimate of drug-likeness (QED) is 0.326. The van der Waals surface area contributed by atoms with Gasteiger partial charge >= 0.3 is 11.1 Å². The van der Waals surface area contributed by atoms with Crippen molar-refractivity contribution in [2.24, 2.45) is 0 Å². The Hall–Kier alpha value is -2.90. The lowest BCUT2D eigenvalue weighted by molar-refractivity contribution is -0.133. The lowest BCUT2D eigenvalue weighted by atomic mass is 10.2. The van der Waals surface area contributed by atoms with Gasteiger partial charge in [-0.25, -0.2) is 0 Å². The van der Waals surface area contributed by atoms with Gasteiger partial charge in [0.15, 0.2) is 0 Å². The van der Waals surface area contributed by atoms with E-state index in [0.29, 0.717) is 37.2 Å². The van der Waals surface area contributed by atoms with E-state index < -0.39 is 11.1 Å². The molecule has 0 bridgehead atoms. The highest BCUT2D eigenvalue weighted by molar-refractivity contribution is 5.82. The first-order chi connectivity index (χ1) is 17.4. The second kappa shape index (κ2) is 15.3. The summed E-state index contributed by atoms with van der Waals surface area (Å²) >= 11 is 0. The molecule has 0 aliphatic heterocycles. The van der Waals surface area contributed by atoms with E-state index >= 15 is 0 Å². The molecule has 2 amide bonds. The Kier molecular flexibility index (Phi) is 12.4. The van der Waals surface area contributed by atoms with Gasteiger partial charge in [0, 0.05) is 26.2 Å². The van der Waals surface area contributed by atoms with Crippen LogP contribution in [-0.2, 0) is 22.7 Å². The van der Waals surface area contributed by atoms with Crippen LogP contribution in [-0.4, -0.2) is 56.9 Å². The number of hydrogen-bond donors (Lipinski definition) is 0.